The largest absolute Gasteiger partial charge is 0.508 e. The van der Waals surface area contributed by atoms with E-state index in [0.29, 0.717) is 6.61 Å². The highest BCUT2D eigenvalue weighted by atomic mass is 16.5. The summed E-state index contributed by atoms with van der Waals surface area (Å²) in [5, 5.41) is 13.4. The molecule has 2 aromatic carbocycles. The maximum Gasteiger partial charge on any atom is 0.142 e. The van der Waals surface area contributed by atoms with Crippen molar-refractivity contribution >= 4 is 5.69 Å². The van der Waals surface area contributed by atoms with E-state index in [0.717, 1.165) is 22.7 Å². The fourth-order valence-electron chi connectivity index (χ4n) is 2.18. The number of aromatic hydroxyl groups is 1. The highest BCUT2D eigenvalue weighted by Crippen LogP contribution is 2.33. The minimum absolute atomic E-state index is 0.0818. The molecule has 4 heteroatoms. The fourth-order valence-corrected chi connectivity index (χ4v) is 2.18. The molecule has 0 aliphatic carbocycles. The molecule has 2 rings (SSSR count). The average Bonchev–Trinajstić information content (AvgIpc) is 2.50. The number of ether oxygens (including phenoxy) is 2. The van der Waals surface area contributed by atoms with Crippen LogP contribution in [-0.4, -0.2) is 18.8 Å². The van der Waals surface area contributed by atoms with Crippen molar-refractivity contribution in [1.29, 1.82) is 0 Å². The predicted octanol–water partition coefficient (Wildman–Crippen LogP) is 3.97. The first-order valence-corrected chi connectivity index (χ1v) is 7.01. The van der Waals surface area contributed by atoms with Crippen molar-refractivity contribution in [2.24, 2.45) is 0 Å². The Morgan fingerprint density at radius 3 is 2.67 bits per heavy atom. The molecule has 1 atom stereocenters. The Balaban J connectivity index is 2.23. The lowest BCUT2D eigenvalue weighted by Gasteiger charge is -2.19. The van der Waals surface area contributed by atoms with E-state index in [1.54, 1.807) is 19.2 Å². The summed E-state index contributed by atoms with van der Waals surface area (Å²) >= 11 is 0. The second kappa shape index (κ2) is 6.88. The van der Waals surface area contributed by atoms with Crippen molar-refractivity contribution in [3.8, 4) is 17.2 Å². The number of nitrogens with one attached hydrogen (secondary N) is 1. The zero-order valence-electron chi connectivity index (χ0n) is 12.6. The Hall–Kier alpha value is -2.36. The highest BCUT2D eigenvalue weighted by Gasteiger charge is 2.13. The van der Waals surface area contributed by atoms with Gasteiger partial charge < -0.3 is 19.9 Å². The molecule has 4 nitrogen and oxygen atoms in total. The van der Waals surface area contributed by atoms with Gasteiger partial charge in [-0.05, 0) is 44.2 Å². The third kappa shape index (κ3) is 3.60. The van der Waals surface area contributed by atoms with Gasteiger partial charge >= 0.3 is 0 Å². The molecule has 0 heterocycles. The predicted molar refractivity (Wildman–Crippen MR) is 84.3 cm³/mol. The van der Waals surface area contributed by atoms with Crippen LogP contribution in [0.1, 0.15) is 25.5 Å². The molecule has 0 bridgehead atoms. The molecule has 21 heavy (non-hydrogen) atoms. The molecule has 0 fully saturated rings. The first-order chi connectivity index (χ1) is 10.2. The van der Waals surface area contributed by atoms with Crippen molar-refractivity contribution in [1.82, 2.24) is 0 Å². The molecule has 2 N–H and O–H groups in total. The third-order valence-corrected chi connectivity index (χ3v) is 3.26. The van der Waals surface area contributed by atoms with Crippen molar-refractivity contribution in [3.05, 3.63) is 48.0 Å². The number of benzene rings is 2. The molecule has 0 aromatic heterocycles. The molecule has 0 saturated heterocycles. The SMILES string of the molecule is CCOc1ccccc1NC(C)c1cc(OC)ccc1O. The molecular formula is C17H21NO3. The first kappa shape index (κ1) is 15.0. The van der Waals surface area contributed by atoms with E-state index in [9.17, 15) is 5.11 Å². The van der Waals surface area contributed by atoms with Gasteiger partial charge in [-0.25, -0.2) is 0 Å². The first-order valence-electron chi connectivity index (χ1n) is 7.01. The Labute approximate surface area is 125 Å². The molecule has 112 valence electrons. The van der Waals surface area contributed by atoms with Gasteiger partial charge in [-0.2, -0.15) is 0 Å². The van der Waals surface area contributed by atoms with Crippen LogP contribution in [0.4, 0.5) is 5.69 Å². The number of methoxy groups -OCH3 is 1. The lowest BCUT2D eigenvalue weighted by atomic mass is 10.1. The Morgan fingerprint density at radius 1 is 1.19 bits per heavy atom. The van der Waals surface area contributed by atoms with Crippen LogP contribution in [0.25, 0.3) is 0 Å². The van der Waals surface area contributed by atoms with Crippen molar-refractivity contribution in [2.75, 3.05) is 19.0 Å². The van der Waals surface area contributed by atoms with Crippen LogP contribution in [0.15, 0.2) is 42.5 Å². The molecule has 0 saturated carbocycles. The van der Waals surface area contributed by atoms with Crippen LogP contribution in [0.3, 0.4) is 0 Å². The van der Waals surface area contributed by atoms with Crippen LogP contribution >= 0.6 is 0 Å². The van der Waals surface area contributed by atoms with E-state index in [1.165, 1.54) is 0 Å². The topological polar surface area (TPSA) is 50.7 Å². The van der Waals surface area contributed by atoms with Gasteiger partial charge in [-0.1, -0.05) is 12.1 Å². The highest BCUT2D eigenvalue weighted by molar-refractivity contribution is 5.58. The monoisotopic (exact) mass is 287 g/mol. The number of phenols is 1. The van der Waals surface area contributed by atoms with Gasteiger partial charge in [0.1, 0.15) is 17.2 Å². The maximum absolute atomic E-state index is 10.0. The summed E-state index contributed by atoms with van der Waals surface area (Å²) in [5.74, 6) is 1.76. The van der Waals surface area contributed by atoms with Crippen LogP contribution in [0, 0.1) is 0 Å². The van der Waals surface area contributed by atoms with E-state index in [1.807, 2.05) is 44.2 Å². The Bertz CT molecular complexity index is 598. The number of phenolic OH excluding ortho intramolecular Hbond substituents is 1. The van der Waals surface area contributed by atoms with Gasteiger partial charge in [-0.3, -0.25) is 0 Å². The van der Waals surface area contributed by atoms with E-state index in [2.05, 4.69) is 5.32 Å². The minimum atomic E-state index is -0.0818. The quantitative estimate of drug-likeness (QED) is 0.844. The van der Waals surface area contributed by atoms with Crippen LogP contribution in [0.2, 0.25) is 0 Å². The smallest absolute Gasteiger partial charge is 0.142 e. The van der Waals surface area contributed by atoms with Crippen LogP contribution in [0.5, 0.6) is 17.2 Å². The summed E-state index contributed by atoms with van der Waals surface area (Å²) in [6.07, 6.45) is 0. The molecule has 0 amide bonds. The lowest BCUT2D eigenvalue weighted by molar-refractivity contribution is 0.341. The average molecular weight is 287 g/mol. The van der Waals surface area contributed by atoms with Gasteiger partial charge in [-0.15, -0.1) is 0 Å². The summed E-state index contributed by atoms with van der Waals surface area (Å²) < 4.78 is 10.8. The minimum Gasteiger partial charge on any atom is -0.508 e. The second-order valence-electron chi connectivity index (χ2n) is 4.72. The summed E-state index contributed by atoms with van der Waals surface area (Å²) in [4.78, 5) is 0. The Morgan fingerprint density at radius 2 is 1.95 bits per heavy atom. The lowest BCUT2D eigenvalue weighted by Crippen LogP contribution is -2.08. The maximum atomic E-state index is 10.0. The van der Waals surface area contributed by atoms with Crippen molar-refractivity contribution in [2.45, 2.75) is 19.9 Å². The van der Waals surface area contributed by atoms with E-state index in [-0.39, 0.29) is 11.8 Å². The number of anilines is 1. The zero-order valence-corrected chi connectivity index (χ0v) is 12.6. The normalized spacial score (nSPS) is 11.8. The number of para-hydroxylation sites is 2. The molecule has 0 spiro atoms. The van der Waals surface area contributed by atoms with Crippen molar-refractivity contribution in [3.63, 3.8) is 0 Å². The summed E-state index contributed by atoms with van der Waals surface area (Å²) in [7, 11) is 1.61. The summed E-state index contributed by atoms with van der Waals surface area (Å²) in [6, 6.07) is 12.9. The molecule has 1 unspecified atom stereocenters. The van der Waals surface area contributed by atoms with Crippen molar-refractivity contribution < 1.29 is 14.6 Å². The standard InChI is InChI=1S/C17H21NO3/c1-4-21-17-8-6-5-7-15(17)18-12(2)14-11-13(20-3)9-10-16(14)19/h5-12,18-19H,4H2,1-3H3. The summed E-state index contributed by atoms with van der Waals surface area (Å²) in [5.41, 5.74) is 1.68. The van der Waals surface area contributed by atoms with Crippen LogP contribution < -0.4 is 14.8 Å². The number of hydrogen-bond donors (Lipinski definition) is 2. The van der Waals surface area contributed by atoms with E-state index >= 15 is 0 Å². The van der Waals surface area contributed by atoms with E-state index in [4.69, 9.17) is 9.47 Å². The fraction of sp³-hybridized carbons (Fsp3) is 0.294. The van der Waals surface area contributed by atoms with Gasteiger partial charge in [0.15, 0.2) is 0 Å². The van der Waals surface area contributed by atoms with Gasteiger partial charge in [0.25, 0.3) is 0 Å². The zero-order chi connectivity index (χ0) is 15.2. The van der Waals surface area contributed by atoms with Gasteiger partial charge in [0.05, 0.1) is 25.4 Å². The molecule has 0 radical (unpaired) electrons. The van der Waals surface area contributed by atoms with E-state index < -0.39 is 0 Å². The Kier molecular flexibility index (Phi) is 4.93. The van der Waals surface area contributed by atoms with Gasteiger partial charge in [0.2, 0.25) is 0 Å². The molecular weight excluding hydrogens is 266 g/mol. The second-order valence-corrected chi connectivity index (χ2v) is 4.72. The van der Waals surface area contributed by atoms with Crippen LogP contribution in [-0.2, 0) is 0 Å². The molecule has 0 aliphatic heterocycles. The molecule has 0 aliphatic rings. The molecule has 2 aromatic rings. The number of rotatable bonds is 6. The summed E-state index contributed by atoms with van der Waals surface area (Å²) in [6.45, 7) is 4.54. The van der Waals surface area contributed by atoms with Gasteiger partial charge in [0, 0.05) is 5.56 Å². The third-order valence-electron chi connectivity index (χ3n) is 3.26. The number of hydrogen-bond acceptors (Lipinski definition) is 4.